The lowest BCUT2D eigenvalue weighted by Gasteiger charge is -2.17. The van der Waals surface area contributed by atoms with E-state index in [1.165, 1.54) is 0 Å². The Morgan fingerprint density at radius 1 is 1.35 bits per heavy atom. The van der Waals surface area contributed by atoms with Gasteiger partial charge in [-0.3, -0.25) is 4.21 Å². The summed E-state index contributed by atoms with van der Waals surface area (Å²) in [5.74, 6) is 0.689. The molecule has 0 aromatic heterocycles. The van der Waals surface area contributed by atoms with Gasteiger partial charge in [0.1, 0.15) is 0 Å². The van der Waals surface area contributed by atoms with Gasteiger partial charge in [0.2, 0.25) is 0 Å². The van der Waals surface area contributed by atoms with Crippen LogP contribution in [0.1, 0.15) is 18.9 Å². The molecule has 20 heavy (non-hydrogen) atoms. The normalized spacial score (nSPS) is 15.8. The Morgan fingerprint density at radius 2 is 2.05 bits per heavy atom. The molecule has 3 atom stereocenters. The average Bonchev–Trinajstić information content (AvgIpc) is 2.44. The zero-order valence-electron chi connectivity index (χ0n) is 12.2. The summed E-state index contributed by atoms with van der Waals surface area (Å²) >= 11 is 0. The number of hydrogen-bond donors (Lipinski definition) is 2. The Balaban J connectivity index is 2.08. The van der Waals surface area contributed by atoms with Crippen LogP contribution in [0.4, 0.5) is 0 Å². The van der Waals surface area contributed by atoms with Crippen LogP contribution in [-0.2, 0) is 22.1 Å². The van der Waals surface area contributed by atoms with E-state index >= 15 is 0 Å². The molecular formula is C15H25NO3S. The maximum Gasteiger partial charge on any atom is 0.0897 e. The third-order valence-electron chi connectivity index (χ3n) is 2.96. The van der Waals surface area contributed by atoms with Gasteiger partial charge in [-0.2, -0.15) is 0 Å². The molecule has 0 aliphatic rings. The summed E-state index contributed by atoms with van der Waals surface area (Å²) in [6.07, 6.45) is 2.04. The van der Waals surface area contributed by atoms with Crippen molar-refractivity contribution in [3.05, 3.63) is 35.9 Å². The molecule has 0 radical (unpaired) electrons. The van der Waals surface area contributed by atoms with Crippen molar-refractivity contribution in [1.29, 1.82) is 0 Å². The molecule has 1 aromatic carbocycles. The van der Waals surface area contributed by atoms with Crippen molar-refractivity contribution < 1.29 is 14.1 Å². The second-order valence-electron chi connectivity index (χ2n) is 5.03. The molecule has 2 N–H and O–H groups in total. The van der Waals surface area contributed by atoms with Crippen LogP contribution >= 0.6 is 0 Å². The van der Waals surface area contributed by atoms with Crippen molar-refractivity contribution in [2.75, 3.05) is 25.2 Å². The summed E-state index contributed by atoms with van der Waals surface area (Å²) in [6, 6.07) is 10.1. The highest BCUT2D eigenvalue weighted by Gasteiger charge is 2.08. The molecule has 0 saturated carbocycles. The van der Waals surface area contributed by atoms with E-state index < -0.39 is 16.9 Å². The topological polar surface area (TPSA) is 58.6 Å². The number of benzene rings is 1. The first kappa shape index (κ1) is 17.3. The van der Waals surface area contributed by atoms with Gasteiger partial charge in [0, 0.05) is 35.4 Å². The lowest BCUT2D eigenvalue weighted by Crippen LogP contribution is -2.36. The van der Waals surface area contributed by atoms with Gasteiger partial charge in [-0.1, -0.05) is 30.3 Å². The van der Waals surface area contributed by atoms with Crippen molar-refractivity contribution >= 4 is 10.8 Å². The van der Waals surface area contributed by atoms with Crippen LogP contribution < -0.4 is 5.32 Å². The average molecular weight is 299 g/mol. The van der Waals surface area contributed by atoms with Crippen LogP contribution in [0.25, 0.3) is 0 Å². The van der Waals surface area contributed by atoms with Crippen LogP contribution in [0.3, 0.4) is 0 Å². The van der Waals surface area contributed by atoms with E-state index in [1.807, 2.05) is 37.3 Å². The maximum atomic E-state index is 11.0. The Labute approximate surface area is 124 Å². The van der Waals surface area contributed by atoms with Gasteiger partial charge >= 0.3 is 0 Å². The first-order valence-electron chi connectivity index (χ1n) is 6.91. The van der Waals surface area contributed by atoms with Crippen LogP contribution in [0.2, 0.25) is 0 Å². The second kappa shape index (κ2) is 10.0. The molecule has 0 aliphatic heterocycles. The van der Waals surface area contributed by atoms with Crippen LogP contribution in [0.15, 0.2) is 30.3 Å². The van der Waals surface area contributed by atoms with Gasteiger partial charge in [-0.15, -0.1) is 0 Å². The summed E-state index contributed by atoms with van der Waals surface area (Å²) < 4.78 is 16.4. The van der Waals surface area contributed by atoms with Crippen molar-refractivity contribution in [3.63, 3.8) is 0 Å². The lowest BCUT2D eigenvalue weighted by atomic mass is 10.2. The van der Waals surface area contributed by atoms with Crippen LogP contribution in [-0.4, -0.2) is 46.6 Å². The predicted octanol–water partition coefficient (Wildman–Crippen LogP) is 1.31. The Kier molecular flexibility index (Phi) is 8.69. The molecule has 0 spiro atoms. The van der Waals surface area contributed by atoms with Gasteiger partial charge in [0.25, 0.3) is 0 Å². The summed E-state index contributed by atoms with van der Waals surface area (Å²) in [4.78, 5) is 0. The van der Waals surface area contributed by atoms with Crippen molar-refractivity contribution in [2.24, 2.45) is 0 Å². The standard InChI is InChI=1S/C15H25NO3S/c1-13(8-9-20(2)18)16-10-15(17)12-19-11-14-6-4-3-5-7-14/h3-7,13,15-17H,8-12H2,1-2H3. The highest BCUT2D eigenvalue weighted by Crippen LogP contribution is 2.01. The molecule has 0 saturated heterocycles. The SMILES string of the molecule is CC(CCS(C)=O)NCC(O)COCc1ccccc1. The number of aliphatic hydroxyl groups excluding tert-OH is 1. The Bertz CT molecular complexity index is 386. The minimum Gasteiger partial charge on any atom is -0.389 e. The van der Waals surface area contributed by atoms with E-state index in [1.54, 1.807) is 6.26 Å². The fraction of sp³-hybridized carbons (Fsp3) is 0.600. The largest absolute Gasteiger partial charge is 0.389 e. The lowest BCUT2D eigenvalue weighted by molar-refractivity contribution is 0.0278. The minimum atomic E-state index is -0.754. The number of aliphatic hydroxyl groups is 1. The number of hydrogen-bond acceptors (Lipinski definition) is 4. The third kappa shape index (κ3) is 8.43. The molecule has 1 aromatic rings. The van der Waals surface area contributed by atoms with Gasteiger partial charge < -0.3 is 15.2 Å². The van der Waals surface area contributed by atoms with Gasteiger partial charge in [-0.25, -0.2) is 0 Å². The molecule has 0 heterocycles. The van der Waals surface area contributed by atoms with Crippen LogP contribution in [0, 0.1) is 0 Å². The van der Waals surface area contributed by atoms with Gasteiger partial charge in [-0.05, 0) is 18.9 Å². The van der Waals surface area contributed by atoms with Crippen LogP contribution in [0.5, 0.6) is 0 Å². The smallest absolute Gasteiger partial charge is 0.0897 e. The summed E-state index contributed by atoms with van der Waals surface area (Å²) in [5, 5.41) is 13.0. The minimum absolute atomic E-state index is 0.252. The fourth-order valence-corrected chi connectivity index (χ4v) is 2.41. The van der Waals surface area contributed by atoms with E-state index in [2.05, 4.69) is 5.32 Å². The van der Waals surface area contributed by atoms with E-state index in [0.29, 0.717) is 25.5 Å². The summed E-state index contributed by atoms with van der Waals surface area (Å²) in [6.45, 7) is 3.35. The molecule has 114 valence electrons. The molecule has 4 nitrogen and oxygen atoms in total. The number of rotatable bonds is 10. The van der Waals surface area contributed by atoms with E-state index in [4.69, 9.17) is 4.74 Å². The van der Waals surface area contributed by atoms with Crippen molar-refractivity contribution in [3.8, 4) is 0 Å². The van der Waals surface area contributed by atoms with Gasteiger partial charge in [0.05, 0.1) is 19.3 Å². The van der Waals surface area contributed by atoms with Crippen molar-refractivity contribution in [2.45, 2.75) is 32.1 Å². The molecular weight excluding hydrogens is 274 g/mol. The molecule has 5 heteroatoms. The first-order valence-corrected chi connectivity index (χ1v) is 8.63. The van der Waals surface area contributed by atoms with E-state index in [-0.39, 0.29) is 6.04 Å². The van der Waals surface area contributed by atoms with Gasteiger partial charge in [0.15, 0.2) is 0 Å². The zero-order chi connectivity index (χ0) is 14.8. The molecule has 1 rings (SSSR count). The first-order chi connectivity index (χ1) is 9.58. The monoisotopic (exact) mass is 299 g/mol. The molecule has 0 aliphatic carbocycles. The highest BCUT2D eigenvalue weighted by molar-refractivity contribution is 7.84. The predicted molar refractivity (Wildman–Crippen MR) is 83.1 cm³/mol. The molecule has 0 bridgehead atoms. The maximum absolute atomic E-state index is 11.0. The van der Waals surface area contributed by atoms with E-state index in [0.717, 1.165) is 12.0 Å². The number of nitrogens with one attached hydrogen (secondary N) is 1. The molecule has 0 fully saturated rings. The third-order valence-corrected chi connectivity index (χ3v) is 3.77. The Hall–Kier alpha value is -0.750. The summed E-state index contributed by atoms with van der Waals surface area (Å²) in [5.41, 5.74) is 1.10. The molecule has 3 unspecified atom stereocenters. The number of ether oxygens (including phenoxy) is 1. The summed E-state index contributed by atoms with van der Waals surface area (Å²) in [7, 11) is -0.754. The molecule has 0 amide bonds. The van der Waals surface area contributed by atoms with Crippen molar-refractivity contribution in [1.82, 2.24) is 5.32 Å². The van der Waals surface area contributed by atoms with E-state index in [9.17, 15) is 9.32 Å². The zero-order valence-corrected chi connectivity index (χ0v) is 13.1. The Morgan fingerprint density at radius 3 is 2.70 bits per heavy atom. The quantitative estimate of drug-likeness (QED) is 0.684. The fourth-order valence-electron chi connectivity index (χ4n) is 1.73. The second-order valence-corrected chi connectivity index (χ2v) is 6.58. The highest BCUT2D eigenvalue weighted by atomic mass is 32.2.